The van der Waals surface area contributed by atoms with Crippen molar-refractivity contribution in [3.05, 3.63) is 87.3 Å². The molecule has 1 saturated heterocycles. The average Bonchev–Trinajstić information content (AvgIpc) is 2.98. The Balaban J connectivity index is 1.85. The summed E-state index contributed by atoms with van der Waals surface area (Å²) in [5, 5.41) is 0.706. The number of hydrogen-bond acceptors (Lipinski definition) is 7. The van der Waals surface area contributed by atoms with Gasteiger partial charge in [-0.3, -0.25) is 14.6 Å². The molecule has 4 heterocycles. The first-order valence-corrected chi connectivity index (χ1v) is 14.0. The largest absolute Gasteiger partial charge is 0.355 e. The molecular weight excluding hydrogens is 559 g/mol. The van der Waals surface area contributed by atoms with Gasteiger partial charge in [-0.15, -0.1) is 0 Å². The highest BCUT2D eigenvalue weighted by molar-refractivity contribution is 6.34. The lowest BCUT2D eigenvalue weighted by Crippen LogP contribution is -2.54. The number of amides is 1. The Bertz CT molecular complexity index is 1800. The van der Waals surface area contributed by atoms with Crippen LogP contribution in [0, 0.1) is 12.7 Å². The van der Waals surface area contributed by atoms with Crippen molar-refractivity contribution in [2.45, 2.75) is 39.7 Å². The summed E-state index contributed by atoms with van der Waals surface area (Å²) in [6.07, 6.45) is 3.14. The van der Waals surface area contributed by atoms with Crippen molar-refractivity contribution in [1.82, 2.24) is 24.4 Å². The lowest BCUT2D eigenvalue weighted by atomic mass is 10.0. The summed E-state index contributed by atoms with van der Waals surface area (Å²) in [6, 6.07) is 8.34. The van der Waals surface area contributed by atoms with Gasteiger partial charge in [0.25, 0.3) is 0 Å². The molecule has 1 fully saturated rings. The number of piperazine rings is 1. The van der Waals surface area contributed by atoms with Crippen molar-refractivity contribution in [3.8, 4) is 16.9 Å². The zero-order chi connectivity index (χ0) is 30.3. The van der Waals surface area contributed by atoms with Gasteiger partial charge in [-0.2, -0.15) is 4.98 Å². The predicted molar refractivity (Wildman–Crippen MR) is 161 cm³/mol. The van der Waals surface area contributed by atoms with Crippen LogP contribution < -0.4 is 10.6 Å². The van der Waals surface area contributed by atoms with E-state index in [-0.39, 0.29) is 39.8 Å². The topological polar surface area (TPSA) is 101 Å². The molecule has 216 valence electrons. The molecule has 9 nitrogen and oxygen atoms in total. The zero-order valence-corrected chi connectivity index (χ0v) is 24.5. The highest BCUT2D eigenvalue weighted by Crippen LogP contribution is 2.36. The molecule has 1 aliphatic heterocycles. The third-order valence-corrected chi connectivity index (χ3v) is 7.86. The number of halogens is 2. The standard InChI is InChI=1S/C31H30ClFN6O3/c1-6-25(41)37-11-12-38(18(4)15-37)29-22-13-23(32)27(21-10-8-7-9-20(21)16-40)35-30(22)39(31(42)36-29)28-19(5)24(33)14-34-26(28)17(2)3/h6-10,13-14,16-18H,1,11-12,15H2,2-5H3/t18-/m0/s1. The molecule has 0 spiro atoms. The van der Waals surface area contributed by atoms with Gasteiger partial charge in [0.2, 0.25) is 5.91 Å². The lowest BCUT2D eigenvalue weighted by molar-refractivity contribution is -0.126. The van der Waals surface area contributed by atoms with Crippen LogP contribution in [0.15, 0.2) is 54.0 Å². The molecule has 0 bridgehead atoms. The number of nitrogens with zero attached hydrogens (tertiary/aromatic N) is 6. The van der Waals surface area contributed by atoms with E-state index in [9.17, 15) is 18.8 Å². The van der Waals surface area contributed by atoms with Gasteiger partial charge in [0.1, 0.15) is 11.6 Å². The molecule has 42 heavy (non-hydrogen) atoms. The van der Waals surface area contributed by atoms with Gasteiger partial charge in [-0.1, -0.05) is 56.3 Å². The first-order valence-electron chi connectivity index (χ1n) is 13.6. The average molecular weight is 589 g/mol. The number of pyridine rings is 2. The van der Waals surface area contributed by atoms with Crippen molar-refractivity contribution < 1.29 is 14.0 Å². The molecule has 0 saturated carbocycles. The third-order valence-electron chi connectivity index (χ3n) is 7.57. The molecule has 1 aliphatic rings. The van der Waals surface area contributed by atoms with Gasteiger partial charge in [-0.05, 0) is 31.9 Å². The van der Waals surface area contributed by atoms with E-state index in [2.05, 4.69) is 16.5 Å². The zero-order valence-electron chi connectivity index (χ0n) is 23.8. The fourth-order valence-electron chi connectivity index (χ4n) is 5.43. The van der Waals surface area contributed by atoms with Crippen molar-refractivity contribution in [3.63, 3.8) is 0 Å². The number of carbonyl (C=O) groups excluding carboxylic acids is 2. The second kappa shape index (κ2) is 11.4. The summed E-state index contributed by atoms with van der Waals surface area (Å²) in [6.45, 7) is 12.1. The van der Waals surface area contributed by atoms with Crippen molar-refractivity contribution in [2.75, 3.05) is 24.5 Å². The van der Waals surface area contributed by atoms with Crippen LogP contribution in [0.25, 0.3) is 28.0 Å². The number of rotatable bonds is 6. The highest BCUT2D eigenvalue weighted by atomic mass is 35.5. The minimum atomic E-state index is -0.670. The number of fused-ring (bicyclic) bond motifs is 1. The molecule has 3 aromatic heterocycles. The number of aldehydes is 1. The lowest BCUT2D eigenvalue weighted by Gasteiger charge is -2.40. The summed E-state index contributed by atoms with van der Waals surface area (Å²) in [7, 11) is 0. The normalized spacial score (nSPS) is 15.4. The quantitative estimate of drug-likeness (QED) is 0.228. The van der Waals surface area contributed by atoms with Crippen LogP contribution in [0.3, 0.4) is 0 Å². The molecule has 0 unspecified atom stereocenters. The molecule has 4 aromatic rings. The molecule has 0 aliphatic carbocycles. The highest BCUT2D eigenvalue weighted by Gasteiger charge is 2.31. The molecule has 5 rings (SSSR count). The van der Waals surface area contributed by atoms with E-state index in [1.165, 1.54) is 10.6 Å². The van der Waals surface area contributed by atoms with Gasteiger partial charge in [0.15, 0.2) is 11.9 Å². The van der Waals surface area contributed by atoms with Crippen molar-refractivity contribution in [1.29, 1.82) is 0 Å². The molecular formula is C31H30ClFN6O3. The maximum absolute atomic E-state index is 15.0. The van der Waals surface area contributed by atoms with Crippen LogP contribution >= 0.6 is 11.6 Å². The first-order chi connectivity index (χ1) is 20.1. The second-order valence-electron chi connectivity index (χ2n) is 10.6. The summed E-state index contributed by atoms with van der Waals surface area (Å²) < 4.78 is 16.3. The molecule has 1 amide bonds. The number of carbonyl (C=O) groups is 2. The van der Waals surface area contributed by atoms with Gasteiger partial charge in [0.05, 0.1) is 33.7 Å². The summed E-state index contributed by atoms with van der Waals surface area (Å²) >= 11 is 6.83. The predicted octanol–water partition coefficient (Wildman–Crippen LogP) is 5.10. The molecule has 1 aromatic carbocycles. The summed E-state index contributed by atoms with van der Waals surface area (Å²) in [4.78, 5) is 55.5. The van der Waals surface area contributed by atoms with Gasteiger partial charge >= 0.3 is 5.69 Å². The van der Waals surface area contributed by atoms with E-state index in [0.29, 0.717) is 59.6 Å². The number of hydrogen-bond donors (Lipinski definition) is 0. The maximum Gasteiger partial charge on any atom is 0.355 e. The smallest absolute Gasteiger partial charge is 0.350 e. The van der Waals surface area contributed by atoms with Crippen LogP contribution in [0.2, 0.25) is 5.02 Å². The minimum Gasteiger partial charge on any atom is -0.350 e. The molecule has 1 atom stereocenters. The summed E-state index contributed by atoms with van der Waals surface area (Å²) in [5.74, 6) is -0.551. The second-order valence-corrected chi connectivity index (χ2v) is 11.0. The van der Waals surface area contributed by atoms with Gasteiger partial charge in [0, 0.05) is 42.4 Å². The van der Waals surface area contributed by atoms with Crippen LogP contribution in [0.1, 0.15) is 48.3 Å². The van der Waals surface area contributed by atoms with E-state index < -0.39 is 11.5 Å². The van der Waals surface area contributed by atoms with Crippen LogP contribution in [0.4, 0.5) is 10.2 Å². The summed E-state index contributed by atoms with van der Waals surface area (Å²) in [5.41, 5.74) is 1.66. The van der Waals surface area contributed by atoms with Gasteiger partial charge < -0.3 is 9.80 Å². The monoisotopic (exact) mass is 588 g/mol. The van der Waals surface area contributed by atoms with E-state index in [1.807, 2.05) is 25.7 Å². The Morgan fingerprint density at radius 3 is 2.62 bits per heavy atom. The van der Waals surface area contributed by atoms with Crippen LogP contribution in [-0.4, -0.2) is 62.3 Å². The minimum absolute atomic E-state index is 0.154. The Hall–Kier alpha value is -4.44. The van der Waals surface area contributed by atoms with E-state index in [0.717, 1.165) is 6.20 Å². The third kappa shape index (κ3) is 4.96. The Kier molecular flexibility index (Phi) is 7.92. The van der Waals surface area contributed by atoms with E-state index >= 15 is 0 Å². The van der Waals surface area contributed by atoms with E-state index in [1.54, 1.807) is 42.2 Å². The van der Waals surface area contributed by atoms with Crippen molar-refractivity contribution >= 4 is 40.6 Å². The fraction of sp³-hybridized carbons (Fsp3) is 0.290. The number of benzene rings is 1. The SMILES string of the molecule is C=CC(=O)N1CCN(c2nc(=O)n(-c3c(C(C)C)ncc(F)c3C)c3nc(-c4ccccc4C=O)c(Cl)cc23)[C@@H](C)C1. The Labute approximate surface area is 247 Å². The Morgan fingerprint density at radius 1 is 1.21 bits per heavy atom. The van der Waals surface area contributed by atoms with E-state index in [4.69, 9.17) is 16.6 Å². The van der Waals surface area contributed by atoms with Gasteiger partial charge in [-0.25, -0.2) is 18.7 Å². The molecule has 0 radical (unpaired) electrons. The maximum atomic E-state index is 15.0. The van der Waals surface area contributed by atoms with Crippen molar-refractivity contribution in [2.24, 2.45) is 0 Å². The Morgan fingerprint density at radius 2 is 1.95 bits per heavy atom. The van der Waals surface area contributed by atoms with Crippen LogP contribution in [0.5, 0.6) is 0 Å². The molecule has 0 N–H and O–H groups in total. The first kappa shape index (κ1) is 29.1. The van der Waals surface area contributed by atoms with Crippen LogP contribution in [-0.2, 0) is 4.79 Å². The number of aromatic nitrogens is 4. The number of anilines is 1. The molecule has 11 heteroatoms. The fourth-order valence-corrected chi connectivity index (χ4v) is 5.68.